The van der Waals surface area contributed by atoms with Crippen molar-refractivity contribution in [3.8, 4) is 6.07 Å². The molecule has 184 valence electrons. The van der Waals surface area contributed by atoms with Crippen LogP contribution in [0.25, 0.3) is 0 Å². The fourth-order valence-electron chi connectivity index (χ4n) is 4.70. The number of ether oxygens (including phenoxy) is 1. The molecule has 0 spiro atoms. The first-order valence-corrected chi connectivity index (χ1v) is 12.2. The Morgan fingerprint density at radius 2 is 2.09 bits per heavy atom. The summed E-state index contributed by atoms with van der Waals surface area (Å²) in [5, 5.41) is 12.7. The summed E-state index contributed by atoms with van der Waals surface area (Å²) in [7, 11) is 0. The second-order valence-corrected chi connectivity index (χ2v) is 9.77. The predicted molar refractivity (Wildman–Crippen MR) is 133 cm³/mol. The van der Waals surface area contributed by atoms with E-state index in [0.29, 0.717) is 53.8 Å². The molecular weight excluding hydrogens is 466 g/mol. The van der Waals surface area contributed by atoms with Crippen molar-refractivity contribution in [1.82, 2.24) is 14.8 Å². The van der Waals surface area contributed by atoms with Gasteiger partial charge in [0.15, 0.2) is 0 Å². The van der Waals surface area contributed by atoms with Gasteiger partial charge >= 0.3 is 0 Å². The summed E-state index contributed by atoms with van der Waals surface area (Å²) in [5.74, 6) is -0.163. The van der Waals surface area contributed by atoms with Gasteiger partial charge in [0.2, 0.25) is 5.91 Å². The van der Waals surface area contributed by atoms with Crippen LogP contribution in [0.3, 0.4) is 0 Å². The van der Waals surface area contributed by atoms with E-state index in [1.165, 1.54) is 6.20 Å². The third-order valence-corrected chi connectivity index (χ3v) is 7.08. The topological polar surface area (TPSA) is 98.6 Å². The first kappa shape index (κ1) is 25.1. The maximum absolute atomic E-state index is 12.8. The number of pyridine rings is 1. The molecule has 35 heavy (non-hydrogen) atoms. The molecule has 0 unspecified atom stereocenters. The van der Waals surface area contributed by atoms with Gasteiger partial charge < -0.3 is 15.0 Å². The number of amides is 2. The minimum atomic E-state index is -0.345. The van der Waals surface area contributed by atoms with Crippen LogP contribution in [0, 0.1) is 31.1 Å². The molecule has 9 heteroatoms. The zero-order chi connectivity index (χ0) is 25.1. The Morgan fingerprint density at radius 3 is 2.77 bits per heavy atom. The minimum absolute atomic E-state index is 0.0155. The number of benzene rings is 1. The normalized spacial score (nSPS) is 20.5. The molecule has 0 bridgehead atoms. The fraction of sp³-hybridized carbons (Fsp3) is 0.462. The van der Waals surface area contributed by atoms with Crippen molar-refractivity contribution in [2.24, 2.45) is 5.92 Å². The summed E-state index contributed by atoms with van der Waals surface area (Å²) < 4.78 is 5.39. The molecule has 0 saturated carbocycles. The van der Waals surface area contributed by atoms with E-state index >= 15 is 0 Å². The number of carbonyl (C=O) groups excluding carboxylic acids is 2. The lowest BCUT2D eigenvalue weighted by atomic mass is 10.0. The van der Waals surface area contributed by atoms with E-state index in [0.717, 1.165) is 30.6 Å². The molecule has 1 aromatic heterocycles. The molecule has 2 aliphatic rings. The summed E-state index contributed by atoms with van der Waals surface area (Å²) >= 11 is 6.41. The van der Waals surface area contributed by atoms with Crippen LogP contribution in [0.2, 0.25) is 5.02 Å². The number of nitrogens with one attached hydrogen (secondary N) is 1. The zero-order valence-corrected chi connectivity index (χ0v) is 21.1. The number of anilines is 1. The lowest BCUT2D eigenvalue weighted by Gasteiger charge is -2.41. The molecule has 2 saturated heterocycles. The lowest BCUT2D eigenvalue weighted by molar-refractivity contribution is -0.140. The van der Waals surface area contributed by atoms with Gasteiger partial charge in [-0.1, -0.05) is 11.6 Å². The van der Waals surface area contributed by atoms with Crippen molar-refractivity contribution in [3.63, 3.8) is 0 Å². The van der Waals surface area contributed by atoms with Crippen LogP contribution in [-0.2, 0) is 16.1 Å². The highest BCUT2D eigenvalue weighted by molar-refractivity contribution is 6.31. The summed E-state index contributed by atoms with van der Waals surface area (Å²) in [4.78, 5) is 34.1. The third kappa shape index (κ3) is 5.64. The number of halogens is 1. The third-order valence-electron chi connectivity index (χ3n) is 6.87. The highest BCUT2D eigenvalue weighted by atomic mass is 35.5. The Hall–Kier alpha value is -2.99. The molecule has 2 aliphatic heterocycles. The molecule has 2 atom stereocenters. The van der Waals surface area contributed by atoms with Gasteiger partial charge in [-0.25, -0.2) is 0 Å². The van der Waals surface area contributed by atoms with Gasteiger partial charge in [0, 0.05) is 55.7 Å². The monoisotopic (exact) mass is 495 g/mol. The van der Waals surface area contributed by atoms with E-state index in [2.05, 4.69) is 28.2 Å². The van der Waals surface area contributed by atoms with Crippen molar-refractivity contribution >= 4 is 29.1 Å². The summed E-state index contributed by atoms with van der Waals surface area (Å²) in [6.07, 6.45) is 2.27. The van der Waals surface area contributed by atoms with Crippen LogP contribution in [0.4, 0.5) is 5.69 Å². The second-order valence-electron chi connectivity index (χ2n) is 9.34. The van der Waals surface area contributed by atoms with Crippen LogP contribution >= 0.6 is 11.6 Å². The Kier molecular flexibility index (Phi) is 7.70. The van der Waals surface area contributed by atoms with Crippen LogP contribution in [0.15, 0.2) is 24.4 Å². The quantitative estimate of drug-likeness (QED) is 0.681. The number of hydrogen-bond acceptors (Lipinski definition) is 6. The molecule has 0 aliphatic carbocycles. The Labute approximate surface area is 210 Å². The Morgan fingerprint density at radius 1 is 1.29 bits per heavy atom. The first-order chi connectivity index (χ1) is 16.8. The smallest absolute Gasteiger partial charge is 0.257 e. The van der Waals surface area contributed by atoms with Crippen molar-refractivity contribution < 1.29 is 14.3 Å². The molecule has 2 aromatic rings. The molecule has 1 aromatic carbocycles. The van der Waals surface area contributed by atoms with E-state index in [1.807, 2.05) is 17.9 Å². The molecule has 4 rings (SSSR count). The number of piperazine rings is 1. The van der Waals surface area contributed by atoms with Gasteiger partial charge in [-0.15, -0.1) is 0 Å². The fourth-order valence-corrected chi connectivity index (χ4v) is 4.94. The van der Waals surface area contributed by atoms with Crippen molar-refractivity contribution in [2.45, 2.75) is 39.8 Å². The molecule has 3 heterocycles. The zero-order valence-electron chi connectivity index (χ0n) is 20.3. The molecule has 1 N–H and O–H groups in total. The molecular formula is C26H30ClN5O3. The van der Waals surface area contributed by atoms with Crippen LogP contribution < -0.4 is 5.32 Å². The lowest BCUT2D eigenvalue weighted by Crippen LogP contribution is -2.55. The first-order valence-electron chi connectivity index (χ1n) is 11.8. The van der Waals surface area contributed by atoms with E-state index in [1.54, 1.807) is 19.1 Å². The summed E-state index contributed by atoms with van der Waals surface area (Å²) in [5.41, 5.74) is 3.84. The van der Waals surface area contributed by atoms with Gasteiger partial charge in [0.1, 0.15) is 6.07 Å². The number of carbonyl (C=O) groups is 2. The van der Waals surface area contributed by atoms with E-state index in [4.69, 9.17) is 16.3 Å². The van der Waals surface area contributed by atoms with E-state index < -0.39 is 0 Å². The molecule has 2 amide bonds. The molecule has 8 nitrogen and oxygen atoms in total. The standard InChI is InChI=1S/C26H30ClN5O3/c1-16-13-31(5-6-32(16)26(34)19-4-7-35-15-19)14-22-9-23(27)10-24(17(22)2)30-25(33)21-8-20(11-28)18(3)29-12-21/h8-10,12,16,19H,4-7,13-15H2,1-3H3,(H,30,33)/t16-,19+/m0/s1. The number of nitriles is 1. The van der Waals surface area contributed by atoms with Crippen molar-refractivity contribution in [1.29, 1.82) is 5.26 Å². The van der Waals surface area contributed by atoms with Crippen LogP contribution in [0.5, 0.6) is 0 Å². The average Bonchev–Trinajstić information content (AvgIpc) is 3.37. The van der Waals surface area contributed by atoms with Crippen molar-refractivity contribution in [2.75, 3.05) is 38.2 Å². The number of nitrogens with zero attached hydrogens (tertiary/aromatic N) is 4. The van der Waals surface area contributed by atoms with Crippen LogP contribution in [0.1, 0.15) is 46.1 Å². The highest BCUT2D eigenvalue weighted by Crippen LogP contribution is 2.28. The Balaban J connectivity index is 1.44. The van der Waals surface area contributed by atoms with Gasteiger partial charge in [-0.3, -0.25) is 19.5 Å². The van der Waals surface area contributed by atoms with Gasteiger partial charge in [-0.2, -0.15) is 5.26 Å². The van der Waals surface area contributed by atoms with E-state index in [-0.39, 0.29) is 23.8 Å². The average molecular weight is 496 g/mol. The van der Waals surface area contributed by atoms with Crippen molar-refractivity contribution in [3.05, 3.63) is 57.4 Å². The van der Waals surface area contributed by atoms with Crippen LogP contribution in [-0.4, -0.2) is 65.5 Å². The maximum atomic E-state index is 12.8. The predicted octanol–water partition coefficient (Wildman–Crippen LogP) is 3.55. The number of rotatable bonds is 5. The second kappa shape index (κ2) is 10.7. The van der Waals surface area contributed by atoms with Gasteiger partial charge in [0.25, 0.3) is 5.91 Å². The van der Waals surface area contributed by atoms with E-state index in [9.17, 15) is 14.9 Å². The number of aromatic nitrogens is 1. The highest BCUT2D eigenvalue weighted by Gasteiger charge is 2.33. The minimum Gasteiger partial charge on any atom is -0.381 e. The maximum Gasteiger partial charge on any atom is 0.257 e. The largest absolute Gasteiger partial charge is 0.381 e. The Bertz CT molecular complexity index is 1170. The van der Waals surface area contributed by atoms with Gasteiger partial charge in [-0.05, 0) is 56.5 Å². The number of aryl methyl sites for hydroxylation is 1. The molecule has 2 fully saturated rings. The van der Waals surface area contributed by atoms with Gasteiger partial charge in [0.05, 0.1) is 29.3 Å². The SMILES string of the molecule is Cc1ncc(C(=O)Nc2cc(Cl)cc(CN3CCN(C(=O)[C@@H]4CCOC4)[C@@H](C)C3)c2C)cc1C#N. The molecule has 0 radical (unpaired) electrons. The summed E-state index contributed by atoms with van der Waals surface area (Å²) in [6, 6.07) is 7.36. The summed E-state index contributed by atoms with van der Waals surface area (Å²) in [6.45, 7) is 9.84. The number of hydrogen-bond donors (Lipinski definition) is 1.